The second kappa shape index (κ2) is 7.57. The third kappa shape index (κ3) is 4.26. The van der Waals surface area contributed by atoms with Gasteiger partial charge < -0.3 is 19.3 Å². The molecular weight excluding hydrogens is 246 g/mol. The Kier molecular flexibility index (Phi) is 5.75. The predicted molar refractivity (Wildman–Crippen MR) is 70.1 cm³/mol. The predicted octanol–water partition coefficient (Wildman–Crippen LogP) is 1.13. The molecule has 0 saturated carbocycles. The normalized spacial score (nSPS) is 21.5. The standard InChI is InChI=1S/C13H23N3O3/c1-3-14-11(9-17-2)7-12-15-13(16-19-12)10-5-4-6-18-8-10/h10-11,14H,3-9H2,1-2H3. The van der Waals surface area contributed by atoms with Crippen molar-refractivity contribution in [1.82, 2.24) is 15.5 Å². The van der Waals surface area contributed by atoms with Gasteiger partial charge in [0, 0.05) is 32.1 Å². The summed E-state index contributed by atoms with van der Waals surface area (Å²) in [4.78, 5) is 4.48. The molecule has 1 aromatic heterocycles. The molecule has 0 radical (unpaired) electrons. The summed E-state index contributed by atoms with van der Waals surface area (Å²) in [7, 11) is 1.70. The van der Waals surface area contributed by atoms with Crippen LogP contribution in [0.3, 0.4) is 0 Å². The Morgan fingerprint density at radius 2 is 2.42 bits per heavy atom. The molecule has 0 spiro atoms. The summed E-state index contributed by atoms with van der Waals surface area (Å²) in [5.41, 5.74) is 0. The van der Waals surface area contributed by atoms with Crippen molar-refractivity contribution in [2.45, 2.75) is 38.1 Å². The van der Waals surface area contributed by atoms with Crippen LogP contribution in [0.25, 0.3) is 0 Å². The average Bonchev–Trinajstić information content (AvgIpc) is 2.89. The lowest BCUT2D eigenvalue weighted by atomic mass is 10.0. The molecule has 0 aromatic carbocycles. The summed E-state index contributed by atoms with van der Waals surface area (Å²) in [5, 5.41) is 7.42. The molecule has 2 unspecified atom stereocenters. The summed E-state index contributed by atoms with van der Waals surface area (Å²) >= 11 is 0. The van der Waals surface area contributed by atoms with Gasteiger partial charge >= 0.3 is 0 Å². The number of ether oxygens (including phenoxy) is 2. The summed E-state index contributed by atoms with van der Waals surface area (Å²) in [6.45, 7) is 5.15. The molecule has 1 aliphatic rings. The number of aromatic nitrogens is 2. The number of hydrogen-bond donors (Lipinski definition) is 1. The number of hydrogen-bond acceptors (Lipinski definition) is 6. The molecular formula is C13H23N3O3. The Labute approximate surface area is 113 Å². The zero-order valence-electron chi connectivity index (χ0n) is 11.7. The van der Waals surface area contributed by atoms with Gasteiger partial charge in [0.25, 0.3) is 0 Å². The molecule has 108 valence electrons. The smallest absolute Gasteiger partial charge is 0.228 e. The van der Waals surface area contributed by atoms with Gasteiger partial charge in [-0.1, -0.05) is 12.1 Å². The lowest BCUT2D eigenvalue weighted by Gasteiger charge is -2.18. The summed E-state index contributed by atoms with van der Waals surface area (Å²) in [6.07, 6.45) is 2.84. The van der Waals surface area contributed by atoms with Gasteiger partial charge in [0.2, 0.25) is 5.89 Å². The molecule has 19 heavy (non-hydrogen) atoms. The third-order valence-corrected chi connectivity index (χ3v) is 3.29. The topological polar surface area (TPSA) is 69.4 Å². The zero-order valence-corrected chi connectivity index (χ0v) is 11.7. The Morgan fingerprint density at radius 1 is 1.53 bits per heavy atom. The van der Waals surface area contributed by atoms with E-state index in [1.165, 1.54) is 0 Å². The van der Waals surface area contributed by atoms with Crippen molar-refractivity contribution in [3.05, 3.63) is 11.7 Å². The molecule has 1 fully saturated rings. The van der Waals surface area contributed by atoms with Crippen molar-refractivity contribution in [3.8, 4) is 0 Å². The molecule has 6 heteroatoms. The maximum Gasteiger partial charge on any atom is 0.228 e. The van der Waals surface area contributed by atoms with Crippen LogP contribution in [0.15, 0.2) is 4.52 Å². The Morgan fingerprint density at radius 3 is 3.11 bits per heavy atom. The monoisotopic (exact) mass is 269 g/mol. The number of likely N-dealkylation sites (N-methyl/N-ethyl adjacent to an activating group) is 1. The van der Waals surface area contributed by atoms with E-state index in [-0.39, 0.29) is 12.0 Å². The largest absolute Gasteiger partial charge is 0.383 e. The van der Waals surface area contributed by atoms with Crippen LogP contribution in [-0.2, 0) is 15.9 Å². The highest BCUT2D eigenvalue weighted by Crippen LogP contribution is 2.23. The van der Waals surface area contributed by atoms with E-state index < -0.39 is 0 Å². The van der Waals surface area contributed by atoms with E-state index >= 15 is 0 Å². The van der Waals surface area contributed by atoms with Gasteiger partial charge in [0.1, 0.15) is 0 Å². The van der Waals surface area contributed by atoms with Gasteiger partial charge in [-0.25, -0.2) is 0 Å². The fourth-order valence-corrected chi connectivity index (χ4v) is 2.35. The quantitative estimate of drug-likeness (QED) is 0.800. The highest BCUT2D eigenvalue weighted by molar-refractivity contribution is 4.97. The van der Waals surface area contributed by atoms with Crippen molar-refractivity contribution in [1.29, 1.82) is 0 Å². The Hall–Kier alpha value is -0.980. The van der Waals surface area contributed by atoms with E-state index in [9.17, 15) is 0 Å². The minimum atomic E-state index is 0.214. The Bertz CT molecular complexity index is 358. The SMILES string of the molecule is CCNC(COC)Cc1nc(C2CCCOC2)no1. The first-order valence-corrected chi connectivity index (χ1v) is 6.96. The van der Waals surface area contributed by atoms with Crippen molar-refractivity contribution >= 4 is 0 Å². The van der Waals surface area contributed by atoms with E-state index in [2.05, 4.69) is 22.4 Å². The van der Waals surface area contributed by atoms with Gasteiger partial charge in [0.15, 0.2) is 5.82 Å². The van der Waals surface area contributed by atoms with Crippen molar-refractivity contribution in [3.63, 3.8) is 0 Å². The lowest BCUT2D eigenvalue weighted by Crippen LogP contribution is -2.35. The number of nitrogens with one attached hydrogen (secondary N) is 1. The van der Waals surface area contributed by atoms with Gasteiger partial charge in [0.05, 0.1) is 13.2 Å². The van der Waals surface area contributed by atoms with E-state index in [4.69, 9.17) is 14.0 Å². The van der Waals surface area contributed by atoms with Gasteiger partial charge in [-0.05, 0) is 19.4 Å². The highest BCUT2D eigenvalue weighted by Gasteiger charge is 2.22. The molecule has 1 aliphatic heterocycles. The van der Waals surface area contributed by atoms with Crippen LogP contribution in [-0.4, -0.2) is 49.7 Å². The van der Waals surface area contributed by atoms with Gasteiger partial charge in [-0.2, -0.15) is 4.98 Å². The Balaban J connectivity index is 1.91. The second-order valence-electron chi connectivity index (χ2n) is 4.87. The van der Waals surface area contributed by atoms with Crippen molar-refractivity contribution < 1.29 is 14.0 Å². The molecule has 0 aliphatic carbocycles. The third-order valence-electron chi connectivity index (χ3n) is 3.29. The highest BCUT2D eigenvalue weighted by atomic mass is 16.5. The minimum absolute atomic E-state index is 0.214. The lowest BCUT2D eigenvalue weighted by molar-refractivity contribution is 0.0773. The molecule has 1 N–H and O–H groups in total. The second-order valence-corrected chi connectivity index (χ2v) is 4.87. The summed E-state index contributed by atoms with van der Waals surface area (Å²) in [5.74, 6) is 1.73. The van der Waals surface area contributed by atoms with Crippen LogP contribution in [0, 0.1) is 0 Å². The molecule has 2 rings (SSSR count). The van der Waals surface area contributed by atoms with Gasteiger partial charge in [-0.15, -0.1) is 0 Å². The first-order chi connectivity index (χ1) is 9.33. The maximum absolute atomic E-state index is 5.45. The van der Waals surface area contributed by atoms with E-state index in [1.54, 1.807) is 7.11 Å². The molecule has 2 heterocycles. The van der Waals surface area contributed by atoms with E-state index in [0.29, 0.717) is 25.5 Å². The van der Waals surface area contributed by atoms with Crippen LogP contribution < -0.4 is 5.32 Å². The van der Waals surface area contributed by atoms with Crippen LogP contribution in [0.5, 0.6) is 0 Å². The van der Waals surface area contributed by atoms with Crippen molar-refractivity contribution in [2.75, 3.05) is 33.5 Å². The number of nitrogens with zero attached hydrogens (tertiary/aromatic N) is 2. The van der Waals surface area contributed by atoms with Gasteiger partial charge in [-0.3, -0.25) is 0 Å². The average molecular weight is 269 g/mol. The van der Waals surface area contributed by atoms with Crippen molar-refractivity contribution in [2.24, 2.45) is 0 Å². The number of methoxy groups -OCH3 is 1. The molecule has 2 atom stereocenters. The fourth-order valence-electron chi connectivity index (χ4n) is 2.35. The molecule has 1 aromatic rings. The van der Waals surface area contributed by atoms with E-state index in [0.717, 1.165) is 31.8 Å². The first-order valence-electron chi connectivity index (χ1n) is 6.96. The number of rotatable bonds is 7. The minimum Gasteiger partial charge on any atom is -0.383 e. The van der Waals surface area contributed by atoms with Crippen LogP contribution in [0.2, 0.25) is 0 Å². The fraction of sp³-hybridized carbons (Fsp3) is 0.846. The summed E-state index contributed by atoms with van der Waals surface area (Å²) < 4.78 is 16.0. The summed E-state index contributed by atoms with van der Waals surface area (Å²) in [6, 6.07) is 0.214. The first kappa shape index (κ1) is 14.4. The maximum atomic E-state index is 5.45. The molecule has 6 nitrogen and oxygen atoms in total. The molecule has 0 amide bonds. The van der Waals surface area contributed by atoms with Crippen LogP contribution in [0.4, 0.5) is 0 Å². The molecule has 1 saturated heterocycles. The van der Waals surface area contributed by atoms with E-state index in [1.807, 2.05) is 0 Å². The zero-order chi connectivity index (χ0) is 13.5. The van der Waals surface area contributed by atoms with Crippen LogP contribution in [0.1, 0.15) is 37.4 Å². The van der Waals surface area contributed by atoms with Crippen LogP contribution >= 0.6 is 0 Å². The molecule has 0 bridgehead atoms.